The molecule has 3 atom stereocenters. The molecule has 0 aromatic carbocycles. The summed E-state index contributed by atoms with van der Waals surface area (Å²) >= 11 is 0. The topological polar surface area (TPSA) is 50.8 Å². The van der Waals surface area contributed by atoms with E-state index in [1.165, 1.54) is 7.11 Å². The van der Waals surface area contributed by atoms with Crippen LogP contribution in [-0.2, 0) is 9.47 Å². The highest BCUT2D eigenvalue weighted by atomic mass is 16.5. The van der Waals surface area contributed by atoms with Gasteiger partial charge in [-0.2, -0.15) is 0 Å². The lowest BCUT2D eigenvalue weighted by Gasteiger charge is -2.24. The first-order chi connectivity index (χ1) is 7.58. The molecule has 0 aliphatic carbocycles. The van der Waals surface area contributed by atoms with Gasteiger partial charge < -0.3 is 19.7 Å². The Morgan fingerprint density at radius 3 is 2.69 bits per heavy atom. The number of carbonyl (C=O) groups excluding carboxylic acids is 1. The maximum absolute atomic E-state index is 11.3. The maximum Gasteiger partial charge on any atom is 0.409 e. The van der Waals surface area contributed by atoms with Crippen molar-refractivity contribution in [1.82, 2.24) is 10.2 Å². The van der Waals surface area contributed by atoms with Crippen LogP contribution in [0.2, 0.25) is 0 Å². The molecule has 0 aromatic heterocycles. The van der Waals surface area contributed by atoms with Crippen LogP contribution in [0.5, 0.6) is 0 Å². The molecule has 0 saturated carbocycles. The summed E-state index contributed by atoms with van der Waals surface area (Å²) in [5.41, 5.74) is 0. The Kier molecular flexibility index (Phi) is 5.02. The fraction of sp³-hybridized carbons (Fsp3) is 0.909. The number of hydrogen-bond donors (Lipinski definition) is 1. The van der Waals surface area contributed by atoms with E-state index in [0.717, 1.165) is 13.0 Å². The lowest BCUT2D eigenvalue weighted by molar-refractivity contribution is 0.0843. The minimum absolute atomic E-state index is 0.173. The van der Waals surface area contributed by atoms with E-state index in [1.54, 1.807) is 12.0 Å². The summed E-state index contributed by atoms with van der Waals surface area (Å²) in [5, 5.41) is 3.46. The van der Waals surface area contributed by atoms with Crippen molar-refractivity contribution in [3.05, 3.63) is 0 Å². The van der Waals surface area contributed by atoms with Crippen molar-refractivity contribution in [1.29, 1.82) is 0 Å². The van der Waals surface area contributed by atoms with Crippen molar-refractivity contribution >= 4 is 6.09 Å². The molecule has 1 saturated heterocycles. The molecule has 0 bridgehead atoms. The summed E-state index contributed by atoms with van der Waals surface area (Å²) in [5.74, 6) is 0. The Labute approximate surface area is 97.1 Å². The van der Waals surface area contributed by atoms with Gasteiger partial charge in [-0.1, -0.05) is 0 Å². The highest BCUT2D eigenvalue weighted by Crippen LogP contribution is 2.11. The van der Waals surface area contributed by atoms with Gasteiger partial charge in [-0.15, -0.1) is 0 Å². The molecular weight excluding hydrogens is 208 g/mol. The predicted molar refractivity (Wildman–Crippen MR) is 61.5 cm³/mol. The van der Waals surface area contributed by atoms with E-state index in [2.05, 4.69) is 12.2 Å². The first-order valence-electron chi connectivity index (χ1n) is 5.70. The summed E-state index contributed by atoms with van der Waals surface area (Å²) in [7, 11) is 3.12. The SMILES string of the molecule is COC(=O)N1CCC(NC(C)C(C)OC)C1. The van der Waals surface area contributed by atoms with Crippen molar-refractivity contribution in [2.24, 2.45) is 0 Å². The van der Waals surface area contributed by atoms with Crippen LogP contribution in [0.25, 0.3) is 0 Å². The average Bonchev–Trinajstić information content (AvgIpc) is 2.75. The summed E-state index contributed by atoms with van der Waals surface area (Å²) in [4.78, 5) is 13.0. The van der Waals surface area contributed by atoms with Gasteiger partial charge in [-0.05, 0) is 20.3 Å². The second-order valence-electron chi connectivity index (χ2n) is 4.30. The molecule has 1 rings (SSSR count). The van der Waals surface area contributed by atoms with E-state index in [4.69, 9.17) is 9.47 Å². The Hall–Kier alpha value is -0.810. The van der Waals surface area contributed by atoms with E-state index < -0.39 is 0 Å². The third-order valence-corrected chi connectivity index (χ3v) is 3.20. The van der Waals surface area contributed by atoms with E-state index in [0.29, 0.717) is 12.6 Å². The van der Waals surface area contributed by atoms with Gasteiger partial charge >= 0.3 is 6.09 Å². The van der Waals surface area contributed by atoms with Gasteiger partial charge in [0.15, 0.2) is 0 Å². The quantitative estimate of drug-likeness (QED) is 0.777. The third kappa shape index (κ3) is 3.35. The van der Waals surface area contributed by atoms with Gasteiger partial charge in [0.1, 0.15) is 0 Å². The molecule has 5 heteroatoms. The highest BCUT2D eigenvalue weighted by molar-refractivity contribution is 5.67. The first kappa shape index (κ1) is 13.3. The van der Waals surface area contributed by atoms with E-state index in [1.807, 2.05) is 6.92 Å². The van der Waals surface area contributed by atoms with Gasteiger partial charge in [0.25, 0.3) is 0 Å². The van der Waals surface area contributed by atoms with Crippen molar-refractivity contribution in [3.63, 3.8) is 0 Å². The number of nitrogens with one attached hydrogen (secondary N) is 1. The largest absolute Gasteiger partial charge is 0.453 e. The second-order valence-corrected chi connectivity index (χ2v) is 4.30. The number of likely N-dealkylation sites (tertiary alicyclic amines) is 1. The van der Waals surface area contributed by atoms with Crippen molar-refractivity contribution in [2.45, 2.75) is 38.5 Å². The fourth-order valence-corrected chi connectivity index (χ4v) is 1.90. The Balaban J connectivity index is 2.33. The van der Waals surface area contributed by atoms with Crippen LogP contribution in [0.3, 0.4) is 0 Å². The van der Waals surface area contributed by atoms with Crippen LogP contribution >= 0.6 is 0 Å². The van der Waals surface area contributed by atoms with Crippen LogP contribution < -0.4 is 5.32 Å². The second kappa shape index (κ2) is 6.06. The maximum atomic E-state index is 11.3. The lowest BCUT2D eigenvalue weighted by atomic mass is 10.1. The number of nitrogens with zero attached hydrogens (tertiary/aromatic N) is 1. The number of carbonyl (C=O) groups is 1. The molecule has 1 aliphatic heterocycles. The number of ether oxygens (including phenoxy) is 2. The number of rotatable bonds is 4. The molecule has 0 radical (unpaired) electrons. The van der Waals surface area contributed by atoms with Crippen LogP contribution in [0.4, 0.5) is 4.79 Å². The zero-order valence-electron chi connectivity index (χ0n) is 10.5. The van der Waals surface area contributed by atoms with Gasteiger partial charge in [0, 0.05) is 32.3 Å². The molecule has 94 valence electrons. The van der Waals surface area contributed by atoms with Crippen LogP contribution in [0.15, 0.2) is 0 Å². The highest BCUT2D eigenvalue weighted by Gasteiger charge is 2.28. The normalized spacial score (nSPS) is 24.2. The van der Waals surface area contributed by atoms with Crippen molar-refractivity contribution in [3.8, 4) is 0 Å². The standard InChI is InChI=1S/C11H22N2O3/c1-8(9(2)15-3)12-10-5-6-13(7-10)11(14)16-4/h8-10,12H,5-7H2,1-4H3. The first-order valence-corrected chi connectivity index (χ1v) is 5.70. The van der Waals surface area contributed by atoms with E-state index in [-0.39, 0.29) is 18.2 Å². The summed E-state index contributed by atoms with van der Waals surface area (Å²) in [6.07, 6.45) is 0.902. The molecular formula is C11H22N2O3. The Morgan fingerprint density at radius 2 is 2.12 bits per heavy atom. The molecule has 0 spiro atoms. The molecule has 1 amide bonds. The molecule has 3 unspecified atom stereocenters. The minimum Gasteiger partial charge on any atom is -0.453 e. The van der Waals surface area contributed by atoms with E-state index >= 15 is 0 Å². The minimum atomic E-state index is -0.239. The fourth-order valence-electron chi connectivity index (χ4n) is 1.90. The van der Waals surface area contributed by atoms with Gasteiger partial charge in [-0.3, -0.25) is 0 Å². The lowest BCUT2D eigenvalue weighted by Crippen LogP contribution is -2.44. The average molecular weight is 230 g/mol. The molecule has 1 N–H and O–H groups in total. The summed E-state index contributed by atoms with van der Waals surface area (Å²) < 4.78 is 9.94. The monoisotopic (exact) mass is 230 g/mol. The van der Waals surface area contributed by atoms with Crippen LogP contribution in [0, 0.1) is 0 Å². The summed E-state index contributed by atoms with van der Waals surface area (Å²) in [6, 6.07) is 0.624. The zero-order valence-corrected chi connectivity index (χ0v) is 10.5. The van der Waals surface area contributed by atoms with Gasteiger partial charge in [0.2, 0.25) is 0 Å². The van der Waals surface area contributed by atoms with Gasteiger partial charge in [-0.25, -0.2) is 4.79 Å². The number of methoxy groups -OCH3 is 2. The smallest absolute Gasteiger partial charge is 0.409 e. The van der Waals surface area contributed by atoms with Gasteiger partial charge in [0.05, 0.1) is 13.2 Å². The zero-order chi connectivity index (χ0) is 12.1. The predicted octanol–water partition coefficient (Wildman–Crippen LogP) is 0.840. The number of amides is 1. The Morgan fingerprint density at radius 1 is 1.44 bits per heavy atom. The van der Waals surface area contributed by atoms with Crippen LogP contribution in [-0.4, -0.2) is 56.5 Å². The third-order valence-electron chi connectivity index (χ3n) is 3.20. The Bertz CT molecular complexity index is 235. The summed E-state index contributed by atoms with van der Waals surface area (Å²) in [6.45, 7) is 5.60. The van der Waals surface area contributed by atoms with E-state index in [9.17, 15) is 4.79 Å². The van der Waals surface area contributed by atoms with Crippen LogP contribution in [0.1, 0.15) is 20.3 Å². The molecule has 1 fully saturated rings. The molecule has 1 aliphatic rings. The molecule has 16 heavy (non-hydrogen) atoms. The number of hydrogen-bond acceptors (Lipinski definition) is 4. The molecule has 0 aromatic rings. The van der Waals surface area contributed by atoms with Crippen molar-refractivity contribution in [2.75, 3.05) is 27.3 Å². The molecule has 1 heterocycles. The molecule has 5 nitrogen and oxygen atoms in total. The van der Waals surface area contributed by atoms with Crippen molar-refractivity contribution < 1.29 is 14.3 Å².